The van der Waals surface area contributed by atoms with Gasteiger partial charge in [-0.25, -0.2) is 4.98 Å². The van der Waals surface area contributed by atoms with E-state index in [0.717, 1.165) is 25.0 Å². The molecule has 122 valence electrons. The lowest BCUT2D eigenvalue weighted by Crippen LogP contribution is -2.13. The van der Waals surface area contributed by atoms with Crippen LogP contribution in [0.5, 0.6) is 11.5 Å². The van der Waals surface area contributed by atoms with Crippen molar-refractivity contribution >= 4 is 22.4 Å². The molecule has 0 fully saturated rings. The highest BCUT2D eigenvalue weighted by Gasteiger charge is 2.19. The van der Waals surface area contributed by atoms with Gasteiger partial charge in [0.2, 0.25) is 0 Å². The maximum atomic E-state index is 12.4. The zero-order valence-corrected chi connectivity index (χ0v) is 14.3. The summed E-state index contributed by atoms with van der Waals surface area (Å²) in [6.07, 6.45) is 3.28. The number of nitrogens with zero attached hydrogens (tertiary/aromatic N) is 1. The molecule has 0 unspecified atom stereocenters. The molecule has 1 aromatic heterocycles. The Bertz CT molecular complexity index is 703. The summed E-state index contributed by atoms with van der Waals surface area (Å²) in [4.78, 5) is 18.2. The van der Waals surface area contributed by atoms with Crippen LogP contribution in [-0.2, 0) is 12.8 Å². The smallest absolute Gasteiger partial charge is 0.257 e. The van der Waals surface area contributed by atoms with Crippen molar-refractivity contribution in [1.29, 1.82) is 0 Å². The number of hydrogen-bond acceptors (Lipinski definition) is 5. The number of anilines is 1. The number of amides is 1. The van der Waals surface area contributed by atoms with Crippen LogP contribution in [0.2, 0.25) is 0 Å². The van der Waals surface area contributed by atoms with E-state index in [1.165, 1.54) is 4.88 Å². The maximum absolute atomic E-state index is 12.4. The van der Waals surface area contributed by atoms with Gasteiger partial charge in [0.05, 0.1) is 18.9 Å². The van der Waals surface area contributed by atoms with Crippen LogP contribution >= 0.6 is 11.3 Å². The SMILES string of the molecule is COc1cc(C(=O)Nc2nc3c(s2)CCC3)ccc1OC(C)C. The number of nitrogens with one attached hydrogen (secondary N) is 1. The van der Waals surface area contributed by atoms with Crippen LogP contribution < -0.4 is 14.8 Å². The van der Waals surface area contributed by atoms with Crippen molar-refractivity contribution in [2.75, 3.05) is 12.4 Å². The molecule has 2 aromatic rings. The Balaban J connectivity index is 1.76. The predicted molar refractivity (Wildman–Crippen MR) is 90.9 cm³/mol. The van der Waals surface area contributed by atoms with Gasteiger partial charge in [-0.3, -0.25) is 10.1 Å². The average molecular weight is 332 g/mol. The van der Waals surface area contributed by atoms with Gasteiger partial charge in [-0.1, -0.05) is 0 Å². The number of fused-ring (bicyclic) bond motifs is 1. The Hall–Kier alpha value is -2.08. The molecule has 0 saturated carbocycles. The summed E-state index contributed by atoms with van der Waals surface area (Å²) in [5, 5.41) is 3.54. The van der Waals surface area contributed by atoms with Crippen LogP contribution in [0.3, 0.4) is 0 Å². The number of methoxy groups -OCH3 is 1. The van der Waals surface area contributed by atoms with Crippen LogP contribution in [0.25, 0.3) is 0 Å². The first-order valence-electron chi connectivity index (χ1n) is 7.71. The van der Waals surface area contributed by atoms with Gasteiger partial charge in [0.25, 0.3) is 5.91 Å². The van der Waals surface area contributed by atoms with E-state index >= 15 is 0 Å². The second kappa shape index (κ2) is 6.58. The molecule has 1 aromatic carbocycles. The molecule has 23 heavy (non-hydrogen) atoms. The minimum atomic E-state index is -0.188. The monoisotopic (exact) mass is 332 g/mol. The van der Waals surface area contributed by atoms with E-state index in [2.05, 4.69) is 10.3 Å². The fourth-order valence-electron chi connectivity index (χ4n) is 2.57. The zero-order chi connectivity index (χ0) is 16.4. The lowest BCUT2D eigenvalue weighted by molar-refractivity contribution is 0.102. The molecule has 3 rings (SSSR count). The van der Waals surface area contributed by atoms with Gasteiger partial charge in [0.1, 0.15) is 0 Å². The quantitative estimate of drug-likeness (QED) is 0.907. The minimum Gasteiger partial charge on any atom is -0.493 e. The number of benzene rings is 1. The molecule has 1 aliphatic rings. The number of aromatic nitrogens is 1. The first-order chi connectivity index (χ1) is 11.1. The predicted octanol–water partition coefficient (Wildman–Crippen LogP) is 3.68. The number of carbonyl (C=O) groups excluding carboxylic acids is 1. The Morgan fingerprint density at radius 2 is 2.13 bits per heavy atom. The number of rotatable bonds is 5. The molecule has 0 radical (unpaired) electrons. The van der Waals surface area contributed by atoms with E-state index < -0.39 is 0 Å². The summed E-state index contributed by atoms with van der Waals surface area (Å²) < 4.78 is 11.0. The molecule has 0 spiro atoms. The third-order valence-corrected chi connectivity index (χ3v) is 4.68. The highest BCUT2D eigenvalue weighted by molar-refractivity contribution is 7.15. The van der Waals surface area contributed by atoms with E-state index in [-0.39, 0.29) is 12.0 Å². The summed E-state index contributed by atoms with van der Waals surface area (Å²) in [6, 6.07) is 5.18. The van der Waals surface area contributed by atoms with Crippen LogP contribution in [0, 0.1) is 0 Å². The number of ether oxygens (including phenoxy) is 2. The molecule has 1 amide bonds. The molecule has 5 nitrogen and oxygen atoms in total. The van der Waals surface area contributed by atoms with E-state index in [1.807, 2.05) is 13.8 Å². The van der Waals surface area contributed by atoms with Crippen molar-refractivity contribution in [2.24, 2.45) is 0 Å². The number of carbonyl (C=O) groups is 1. The van der Waals surface area contributed by atoms with Crippen molar-refractivity contribution in [3.05, 3.63) is 34.3 Å². The largest absolute Gasteiger partial charge is 0.493 e. The fourth-order valence-corrected chi connectivity index (χ4v) is 3.62. The highest BCUT2D eigenvalue weighted by Crippen LogP contribution is 2.32. The second-order valence-corrected chi connectivity index (χ2v) is 6.81. The molecule has 6 heteroatoms. The van der Waals surface area contributed by atoms with Crippen LogP contribution in [0.4, 0.5) is 5.13 Å². The molecular formula is C17H20N2O3S. The normalized spacial score (nSPS) is 13.0. The van der Waals surface area contributed by atoms with E-state index in [4.69, 9.17) is 9.47 Å². The van der Waals surface area contributed by atoms with Gasteiger partial charge in [0.15, 0.2) is 16.6 Å². The lowest BCUT2D eigenvalue weighted by Gasteiger charge is -2.14. The van der Waals surface area contributed by atoms with E-state index in [0.29, 0.717) is 22.2 Å². The van der Waals surface area contributed by atoms with Crippen LogP contribution in [0.1, 0.15) is 41.2 Å². The fraction of sp³-hybridized carbons (Fsp3) is 0.412. The Morgan fingerprint density at radius 1 is 1.30 bits per heavy atom. The lowest BCUT2D eigenvalue weighted by atomic mass is 10.2. The van der Waals surface area contributed by atoms with Gasteiger partial charge in [-0.05, 0) is 51.3 Å². The zero-order valence-electron chi connectivity index (χ0n) is 13.5. The first-order valence-corrected chi connectivity index (χ1v) is 8.53. The Kier molecular flexibility index (Phi) is 4.52. The molecule has 0 aliphatic heterocycles. The summed E-state index contributed by atoms with van der Waals surface area (Å²) in [6.45, 7) is 3.89. The third kappa shape index (κ3) is 3.47. The highest BCUT2D eigenvalue weighted by atomic mass is 32.1. The topological polar surface area (TPSA) is 60.5 Å². The molecule has 1 N–H and O–H groups in total. The van der Waals surface area contributed by atoms with E-state index in [1.54, 1.807) is 36.6 Å². The van der Waals surface area contributed by atoms with Gasteiger partial charge in [-0.2, -0.15) is 0 Å². The van der Waals surface area contributed by atoms with E-state index in [9.17, 15) is 4.79 Å². The number of aryl methyl sites for hydroxylation is 2. The Morgan fingerprint density at radius 3 is 2.83 bits per heavy atom. The third-order valence-electron chi connectivity index (χ3n) is 3.60. The van der Waals surface area contributed by atoms with Crippen LogP contribution in [-0.4, -0.2) is 24.1 Å². The van der Waals surface area contributed by atoms with Crippen LogP contribution in [0.15, 0.2) is 18.2 Å². The average Bonchev–Trinajstić information content (AvgIpc) is 3.08. The number of thiazole rings is 1. The minimum absolute atomic E-state index is 0.0429. The summed E-state index contributed by atoms with van der Waals surface area (Å²) in [5.41, 5.74) is 1.65. The first kappa shape index (κ1) is 15.8. The molecule has 0 atom stereocenters. The van der Waals surface area contributed by atoms with Crippen molar-refractivity contribution in [1.82, 2.24) is 4.98 Å². The second-order valence-electron chi connectivity index (χ2n) is 5.73. The van der Waals surface area contributed by atoms with Crippen molar-refractivity contribution in [3.63, 3.8) is 0 Å². The summed E-state index contributed by atoms with van der Waals surface area (Å²) in [5.74, 6) is 0.993. The van der Waals surface area contributed by atoms with Gasteiger partial charge in [0, 0.05) is 10.4 Å². The molecular weight excluding hydrogens is 312 g/mol. The molecule has 0 bridgehead atoms. The molecule has 1 heterocycles. The molecule has 1 aliphatic carbocycles. The standard InChI is InChI=1S/C17H20N2O3S/c1-10(2)22-13-8-7-11(9-14(13)21-3)16(20)19-17-18-12-5-4-6-15(12)23-17/h7-10H,4-6H2,1-3H3,(H,18,19,20). The van der Waals surface area contributed by atoms with Gasteiger partial charge >= 0.3 is 0 Å². The summed E-state index contributed by atoms with van der Waals surface area (Å²) in [7, 11) is 1.57. The van der Waals surface area contributed by atoms with Gasteiger partial charge < -0.3 is 9.47 Å². The Labute approximate surface area is 139 Å². The maximum Gasteiger partial charge on any atom is 0.257 e. The summed E-state index contributed by atoms with van der Waals surface area (Å²) >= 11 is 1.57. The number of hydrogen-bond donors (Lipinski definition) is 1. The van der Waals surface area contributed by atoms with Crippen molar-refractivity contribution in [3.8, 4) is 11.5 Å². The molecule has 0 saturated heterocycles. The van der Waals surface area contributed by atoms with Gasteiger partial charge in [-0.15, -0.1) is 11.3 Å². The van der Waals surface area contributed by atoms with Crippen molar-refractivity contribution < 1.29 is 14.3 Å². The van der Waals surface area contributed by atoms with Crippen molar-refractivity contribution in [2.45, 2.75) is 39.2 Å².